The van der Waals surface area contributed by atoms with Gasteiger partial charge in [-0.1, -0.05) is 18.5 Å². The number of halogens is 7. The average Bonchev–Trinajstić information content (AvgIpc) is 2.76. The molecule has 0 amide bonds. The summed E-state index contributed by atoms with van der Waals surface area (Å²) in [4.78, 5) is 11.1. The summed E-state index contributed by atoms with van der Waals surface area (Å²) in [6.07, 6.45) is -5.82. The van der Waals surface area contributed by atoms with E-state index in [0.29, 0.717) is 0 Å². The van der Waals surface area contributed by atoms with Crippen molar-refractivity contribution in [2.24, 2.45) is 7.05 Å². The molecule has 0 aliphatic rings. The molecule has 148 valence electrons. The first kappa shape index (κ1) is 22.0. The number of ether oxygens (including phenoxy) is 1. The molecular formula is C16H12Br2ClF4NO3. The zero-order valence-corrected chi connectivity index (χ0v) is 17.7. The van der Waals surface area contributed by atoms with Gasteiger partial charge in [0.15, 0.2) is 6.10 Å². The van der Waals surface area contributed by atoms with Gasteiger partial charge in [0.2, 0.25) is 0 Å². The van der Waals surface area contributed by atoms with E-state index in [1.165, 1.54) is 7.05 Å². The summed E-state index contributed by atoms with van der Waals surface area (Å²) in [6, 6.07) is 1.94. The second kappa shape index (κ2) is 8.00. The molecule has 0 spiro atoms. The molecule has 0 saturated carbocycles. The van der Waals surface area contributed by atoms with E-state index < -0.39 is 29.8 Å². The zero-order valence-electron chi connectivity index (χ0n) is 13.8. The highest BCUT2D eigenvalue weighted by Crippen LogP contribution is 2.47. The van der Waals surface area contributed by atoms with E-state index in [0.717, 1.165) is 16.7 Å². The molecule has 0 aliphatic heterocycles. The van der Waals surface area contributed by atoms with Gasteiger partial charge >= 0.3 is 12.1 Å². The lowest BCUT2D eigenvalue weighted by Crippen LogP contribution is -2.26. The molecule has 1 atom stereocenters. The van der Waals surface area contributed by atoms with Gasteiger partial charge in [0.1, 0.15) is 17.3 Å². The maximum atomic E-state index is 14.5. The molecule has 0 bridgehead atoms. The largest absolute Gasteiger partial charge is 0.479 e. The van der Waals surface area contributed by atoms with Gasteiger partial charge in [-0.25, -0.2) is 9.18 Å². The summed E-state index contributed by atoms with van der Waals surface area (Å²) in [5, 5.41) is 8.90. The number of aliphatic carboxylic acids is 1. The summed E-state index contributed by atoms with van der Waals surface area (Å²) in [6.45, 7) is 1.57. The Morgan fingerprint density at radius 2 is 1.96 bits per heavy atom. The van der Waals surface area contributed by atoms with E-state index >= 15 is 0 Å². The third kappa shape index (κ3) is 4.27. The van der Waals surface area contributed by atoms with Crippen LogP contribution in [0.25, 0.3) is 11.1 Å². The first-order chi connectivity index (χ1) is 12.4. The normalized spacial score (nSPS) is 12.9. The van der Waals surface area contributed by atoms with Gasteiger partial charge in [-0.2, -0.15) is 13.2 Å². The predicted molar refractivity (Wildman–Crippen MR) is 98.6 cm³/mol. The van der Waals surface area contributed by atoms with Crippen molar-refractivity contribution in [3.05, 3.63) is 37.7 Å². The zero-order chi connectivity index (χ0) is 20.7. The maximum absolute atomic E-state index is 14.5. The van der Waals surface area contributed by atoms with Crippen LogP contribution in [0.5, 0.6) is 5.75 Å². The van der Waals surface area contributed by atoms with Crippen molar-refractivity contribution in [2.75, 3.05) is 0 Å². The SMILES string of the molecule is CCC(Oc1cc(-c2c(Br)c(C(F)(F)F)n(C)c2Br)c(F)cc1Cl)C(=O)O. The standard InChI is InChI=1S/C16H12Br2ClF4NO3/c1-3-9(15(25)26)27-10-4-6(8(20)5-7(10)19)11-12(17)13(16(21,22)23)24(2)14(11)18/h4-5,9H,3H2,1-2H3,(H,25,26). The first-order valence-corrected chi connectivity index (χ1v) is 9.36. The molecule has 1 N–H and O–H groups in total. The van der Waals surface area contributed by atoms with Crippen LogP contribution in [0, 0.1) is 5.82 Å². The quantitative estimate of drug-likeness (QED) is 0.458. The Bertz CT molecular complexity index is 899. The fourth-order valence-corrected chi connectivity index (χ4v) is 4.38. The minimum Gasteiger partial charge on any atom is -0.479 e. The van der Waals surface area contributed by atoms with Gasteiger partial charge < -0.3 is 14.4 Å². The van der Waals surface area contributed by atoms with Gasteiger partial charge in [0.25, 0.3) is 0 Å². The van der Waals surface area contributed by atoms with Crippen LogP contribution in [0.1, 0.15) is 19.0 Å². The van der Waals surface area contributed by atoms with E-state index in [2.05, 4.69) is 31.9 Å². The van der Waals surface area contributed by atoms with Crippen LogP contribution in [0.15, 0.2) is 21.2 Å². The van der Waals surface area contributed by atoms with Crippen LogP contribution in [0.2, 0.25) is 5.02 Å². The predicted octanol–water partition coefficient (Wildman–Crippen LogP) is 6.27. The van der Waals surface area contributed by atoms with Crippen molar-refractivity contribution in [1.29, 1.82) is 0 Å². The van der Waals surface area contributed by atoms with Crippen molar-refractivity contribution >= 4 is 49.4 Å². The number of carboxylic acid groups (broad SMARTS) is 1. The molecule has 2 rings (SSSR count). The second-order valence-electron chi connectivity index (χ2n) is 5.50. The van der Waals surface area contributed by atoms with Crippen molar-refractivity contribution in [2.45, 2.75) is 25.6 Å². The number of nitrogens with zero attached hydrogens (tertiary/aromatic N) is 1. The summed E-state index contributed by atoms with van der Waals surface area (Å²) >= 11 is 11.8. The van der Waals surface area contributed by atoms with Gasteiger partial charge in [-0.15, -0.1) is 0 Å². The lowest BCUT2D eigenvalue weighted by molar-refractivity contribution is -0.145. The molecule has 1 aromatic heterocycles. The molecule has 4 nitrogen and oxygen atoms in total. The summed E-state index contributed by atoms with van der Waals surface area (Å²) in [5.74, 6) is -2.30. The van der Waals surface area contributed by atoms with E-state index in [9.17, 15) is 22.4 Å². The molecule has 0 radical (unpaired) electrons. The molecule has 11 heteroatoms. The van der Waals surface area contributed by atoms with Crippen molar-refractivity contribution in [3.8, 4) is 16.9 Å². The molecule has 1 unspecified atom stereocenters. The number of carboxylic acids is 1. The van der Waals surface area contributed by atoms with Crippen molar-refractivity contribution in [1.82, 2.24) is 4.57 Å². The van der Waals surface area contributed by atoms with Gasteiger partial charge in [-0.05, 0) is 50.4 Å². The van der Waals surface area contributed by atoms with Crippen LogP contribution >= 0.6 is 43.5 Å². The Kier molecular flexibility index (Phi) is 6.53. The van der Waals surface area contributed by atoms with Crippen LogP contribution < -0.4 is 4.74 Å². The minimum atomic E-state index is -4.69. The molecule has 27 heavy (non-hydrogen) atoms. The van der Waals surface area contributed by atoms with Crippen LogP contribution in [0.4, 0.5) is 17.6 Å². The number of carbonyl (C=O) groups is 1. The smallest absolute Gasteiger partial charge is 0.432 e. The number of hydrogen-bond acceptors (Lipinski definition) is 2. The third-order valence-corrected chi connectivity index (χ3v) is 5.73. The van der Waals surface area contributed by atoms with Gasteiger partial charge in [-0.3, -0.25) is 0 Å². The highest BCUT2D eigenvalue weighted by molar-refractivity contribution is 9.11. The molecule has 0 aliphatic carbocycles. The molecule has 2 aromatic rings. The lowest BCUT2D eigenvalue weighted by atomic mass is 10.1. The summed E-state index contributed by atoms with van der Waals surface area (Å²) < 4.78 is 60.1. The first-order valence-electron chi connectivity index (χ1n) is 7.39. The van der Waals surface area contributed by atoms with E-state index in [1.807, 2.05) is 0 Å². The van der Waals surface area contributed by atoms with E-state index in [-0.39, 0.29) is 37.4 Å². The van der Waals surface area contributed by atoms with Gasteiger partial charge in [0.05, 0.1) is 14.1 Å². The Hall–Kier alpha value is -1.26. The second-order valence-corrected chi connectivity index (χ2v) is 7.45. The lowest BCUT2D eigenvalue weighted by Gasteiger charge is -2.16. The van der Waals surface area contributed by atoms with E-state index in [1.54, 1.807) is 6.92 Å². The van der Waals surface area contributed by atoms with Gasteiger partial charge in [0, 0.05) is 18.2 Å². The Morgan fingerprint density at radius 3 is 2.41 bits per heavy atom. The van der Waals surface area contributed by atoms with Crippen LogP contribution in [0.3, 0.4) is 0 Å². The molecule has 0 saturated heterocycles. The topological polar surface area (TPSA) is 51.5 Å². The monoisotopic (exact) mass is 535 g/mol. The number of alkyl halides is 3. The Labute approximate surface area is 173 Å². The Balaban J connectivity index is 2.67. The van der Waals surface area contributed by atoms with Crippen molar-refractivity contribution in [3.63, 3.8) is 0 Å². The Morgan fingerprint density at radius 1 is 1.37 bits per heavy atom. The number of hydrogen-bond donors (Lipinski definition) is 1. The van der Waals surface area contributed by atoms with Crippen LogP contribution in [-0.2, 0) is 18.0 Å². The third-order valence-electron chi connectivity index (χ3n) is 3.74. The summed E-state index contributed by atoms with van der Waals surface area (Å²) in [5.41, 5.74) is -1.36. The number of aromatic nitrogens is 1. The minimum absolute atomic E-state index is 0.0286. The fraction of sp³-hybridized carbons (Fsp3) is 0.312. The molecule has 0 fully saturated rings. The molecule has 1 heterocycles. The maximum Gasteiger partial charge on any atom is 0.432 e. The summed E-state index contributed by atoms with van der Waals surface area (Å²) in [7, 11) is 1.17. The van der Waals surface area contributed by atoms with E-state index in [4.69, 9.17) is 21.4 Å². The van der Waals surface area contributed by atoms with Crippen molar-refractivity contribution < 1.29 is 32.2 Å². The average molecular weight is 538 g/mol. The fourth-order valence-electron chi connectivity index (χ4n) is 2.44. The number of rotatable bonds is 5. The molecule has 1 aromatic carbocycles. The highest BCUT2D eigenvalue weighted by atomic mass is 79.9. The van der Waals surface area contributed by atoms with Crippen LogP contribution in [-0.4, -0.2) is 21.7 Å². The molecular weight excluding hydrogens is 525 g/mol. The number of benzene rings is 1. The highest BCUT2D eigenvalue weighted by Gasteiger charge is 2.39.